The van der Waals surface area contributed by atoms with Crippen LogP contribution in [0.2, 0.25) is 0 Å². The Morgan fingerprint density at radius 1 is 1.28 bits per heavy atom. The molecule has 1 N–H and O–H groups in total. The normalized spacial score (nSPS) is 19.8. The first-order valence-electron chi connectivity index (χ1n) is 6.35. The number of aliphatic imine (C=N–C) groups is 1. The third kappa shape index (κ3) is 1.96. The summed E-state index contributed by atoms with van der Waals surface area (Å²) in [5.74, 6) is 0.792. The van der Waals surface area contributed by atoms with Crippen molar-refractivity contribution >= 4 is 16.5 Å². The number of fused-ring (bicyclic) bond motifs is 1. The maximum Gasteiger partial charge on any atom is 0.218 e. The van der Waals surface area contributed by atoms with Crippen molar-refractivity contribution in [2.24, 2.45) is 10.9 Å². The second kappa shape index (κ2) is 4.41. The molecule has 3 rings (SSSR count). The van der Waals surface area contributed by atoms with E-state index < -0.39 is 0 Å². The Kier molecular flexibility index (Phi) is 2.74. The van der Waals surface area contributed by atoms with E-state index in [-0.39, 0.29) is 5.88 Å². The first kappa shape index (κ1) is 11.2. The van der Waals surface area contributed by atoms with E-state index in [4.69, 9.17) is 0 Å². The van der Waals surface area contributed by atoms with Crippen molar-refractivity contribution in [2.45, 2.75) is 19.8 Å². The first-order chi connectivity index (χ1) is 8.74. The fraction of sp³-hybridized carbons (Fsp3) is 0.333. The van der Waals surface area contributed by atoms with Crippen molar-refractivity contribution in [3.8, 4) is 5.88 Å². The summed E-state index contributed by atoms with van der Waals surface area (Å²) < 4.78 is 0. The van der Waals surface area contributed by atoms with E-state index in [1.165, 1.54) is 17.7 Å². The number of nitrogens with zero attached hydrogens (tertiary/aromatic N) is 2. The van der Waals surface area contributed by atoms with Crippen LogP contribution in [0.4, 0.5) is 0 Å². The van der Waals surface area contributed by atoms with Crippen LogP contribution < -0.4 is 0 Å². The number of aromatic nitrogens is 1. The monoisotopic (exact) mass is 240 g/mol. The van der Waals surface area contributed by atoms with Crippen LogP contribution >= 0.6 is 0 Å². The highest BCUT2D eigenvalue weighted by Gasteiger charge is 2.13. The number of rotatable bonds is 1. The third-order valence-corrected chi connectivity index (χ3v) is 3.54. The van der Waals surface area contributed by atoms with Gasteiger partial charge in [-0.3, -0.25) is 4.99 Å². The number of aromatic hydroxyl groups is 1. The molecule has 0 fully saturated rings. The predicted octanol–water partition coefficient (Wildman–Crippen LogP) is 3.16. The molecule has 1 aromatic heterocycles. The van der Waals surface area contributed by atoms with Gasteiger partial charge in [-0.2, -0.15) is 0 Å². The molecule has 2 aromatic rings. The molecule has 0 saturated carbocycles. The van der Waals surface area contributed by atoms with Crippen LogP contribution in [0.5, 0.6) is 5.88 Å². The minimum atomic E-state index is 0.0956. The molecule has 0 amide bonds. The van der Waals surface area contributed by atoms with Crippen molar-refractivity contribution in [3.63, 3.8) is 0 Å². The average Bonchev–Trinajstić information content (AvgIpc) is 2.39. The van der Waals surface area contributed by atoms with Gasteiger partial charge in [0, 0.05) is 23.8 Å². The maximum absolute atomic E-state index is 9.67. The van der Waals surface area contributed by atoms with Crippen LogP contribution in [0.3, 0.4) is 0 Å². The molecule has 0 radical (unpaired) electrons. The molecule has 1 aliphatic rings. The molecule has 3 nitrogen and oxygen atoms in total. The fourth-order valence-corrected chi connectivity index (χ4v) is 2.40. The highest BCUT2D eigenvalue weighted by atomic mass is 16.3. The summed E-state index contributed by atoms with van der Waals surface area (Å²) in [7, 11) is 0. The Morgan fingerprint density at radius 3 is 2.94 bits per heavy atom. The van der Waals surface area contributed by atoms with Crippen molar-refractivity contribution < 1.29 is 5.11 Å². The van der Waals surface area contributed by atoms with Gasteiger partial charge in [0.25, 0.3) is 0 Å². The molecule has 0 spiro atoms. The van der Waals surface area contributed by atoms with Gasteiger partial charge in [-0.05, 0) is 47.9 Å². The van der Waals surface area contributed by atoms with Crippen molar-refractivity contribution in [1.82, 2.24) is 4.98 Å². The van der Waals surface area contributed by atoms with Crippen molar-refractivity contribution in [3.05, 3.63) is 36.0 Å². The SMILES string of the molecule is CC1CCC(c2ccc3c(O)nccc3c2)=NC1. The number of benzene rings is 1. The van der Waals surface area contributed by atoms with Crippen LogP contribution in [0.1, 0.15) is 25.3 Å². The predicted molar refractivity (Wildman–Crippen MR) is 73.2 cm³/mol. The van der Waals surface area contributed by atoms with Gasteiger partial charge in [0.05, 0.1) is 0 Å². The van der Waals surface area contributed by atoms with Gasteiger partial charge in [0.2, 0.25) is 5.88 Å². The lowest BCUT2D eigenvalue weighted by molar-refractivity contribution is 0.460. The summed E-state index contributed by atoms with van der Waals surface area (Å²) in [6.45, 7) is 3.17. The molecule has 0 saturated heterocycles. The zero-order valence-corrected chi connectivity index (χ0v) is 10.4. The third-order valence-electron chi connectivity index (χ3n) is 3.54. The average molecular weight is 240 g/mol. The zero-order valence-electron chi connectivity index (χ0n) is 10.4. The van der Waals surface area contributed by atoms with Gasteiger partial charge in [0.1, 0.15) is 0 Å². The molecule has 0 aliphatic carbocycles. The largest absolute Gasteiger partial charge is 0.493 e. The fourth-order valence-electron chi connectivity index (χ4n) is 2.40. The first-order valence-corrected chi connectivity index (χ1v) is 6.35. The second-order valence-electron chi connectivity index (χ2n) is 5.00. The Bertz CT molecular complexity index is 619. The molecule has 3 heteroatoms. The van der Waals surface area contributed by atoms with E-state index in [0.717, 1.165) is 23.7 Å². The summed E-state index contributed by atoms with van der Waals surface area (Å²) in [5.41, 5.74) is 2.35. The molecule has 2 heterocycles. The lowest BCUT2D eigenvalue weighted by atomic mass is 9.95. The Hall–Kier alpha value is -1.90. The standard InChI is InChI=1S/C15H16N2O/c1-10-2-5-14(17-9-10)12-3-4-13-11(8-12)6-7-16-15(13)18/h3-4,6-8,10H,2,5,9H2,1H3,(H,16,18). The zero-order chi connectivity index (χ0) is 12.5. The lowest BCUT2D eigenvalue weighted by Crippen LogP contribution is -2.14. The van der Waals surface area contributed by atoms with E-state index in [1.807, 2.05) is 18.2 Å². The van der Waals surface area contributed by atoms with Gasteiger partial charge in [-0.15, -0.1) is 0 Å². The summed E-state index contributed by atoms with van der Waals surface area (Å²) in [4.78, 5) is 8.53. The molecule has 1 aliphatic heterocycles. The van der Waals surface area contributed by atoms with Gasteiger partial charge in [-0.1, -0.05) is 13.0 Å². The van der Waals surface area contributed by atoms with Gasteiger partial charge in [0.15, 0.2) is 0 Å². The van der Waals surface area contributed by atoms with E-state index >= 15 is 0 Å². The Labute approximate surface area is 106 Å². The summed E-state index contributed by atoms with van der Waals surface area (Å²) in [6.07, 6.45) is 3.88. The van der Waals surface area contributed by atoms with E-state index in [2.05, 4.69) is 23.0 Å². The number of hydrogen-bond donors (Lipinski definition) is 1. The highest BCUT2D eigenvalue weighted by Crippen LogP contribution is 2.25. The van der Waals surface area contributed by atoms with E-state index in [9.17, 15) is 5.11 Å². The van der Waals surface area contributed by atoms with E-state index in [0.29, 0.717) is 5.92 Å². The Morgan fingerprint density at radius 2 is 2.17 bits per heavy atom. The molecule has 0 bridgehead atoms. The summed E-state index contributed by atoms with van der Waals surface area (Å²) >= 11 is 0. The topological polar surface area (TPSA) is 45.5 Å². The van der Waals surface area contributed by atoms with Crippen LogP contribution in [-0.2, 0) is 0 Å². The Balaban J connectivity index is 2.04. The molecular weight excluding hydrogens is 224 g/mol. The quantitative estimate of drug-likeness (QED) is 0.832. The smallest absolute Gasteiger partial charge is 0.218 e. The molecule has 1 aromatic carbocycles. The van der Waals surface area contributed by atoms with Crippen molar-refractivity contribution in [1.29, 1.82) is 0 Å². The van der Waals surface area contributed by atoms with Crippen LogP contribution in [0, 0.1) is 5.92 Å². The minimum absolute atomic E-state index is 0.0956. The molecule has 1 atom stereocenters. The van der Waals surface area contributed by atoms with Gasteiger partial charge in [-0.25, -0.2) is 4.98 Å². The lowest BCUT2D eigenvalue weighted by Gasteiger charge is -2.17. The molecular formula is C15H16N2O. The highest BCUT2D eigenvalue weighted by molar-refractivity contribution is 6.04. The van der Waals surface area contributed by atoms with Crippen LogP contribution in [-0.4, -0.2) is 22.3 Å². The number of hydrogen-bond acceptors (Lipinski definition) is 3. The summed E-state index contributed by atoms with van der Waals surface area (Å²) in [5, 5.41) is 11.5. The van der Waals surface area contributed by atoms with Crippen LogP contribution in [0.25, 0.3) is 10.8 Å². The maximum atomic E-state index is 9.67. The number of pyridine rings is 1. The second-order valence-corrected chi connectivity index (χ2v) is 5.00. The van der Waals surface area contributed by atoms with E-state index in [1.54, 1.807) is 6.20 Å². The van der Waals surface area contributed by atoms with Crippen LogP contribution in [0.15, 0.2) is 35.5 Å². The molecule has 18 heavy (non-hydrogen) atoms. The summed E-state index contributed by atoms with van der Waals surface area (Å²) in [6, 6.07) is 7.96. The molecule has 1 unspecified atom stereocenters. The molecule has 92 valence electrons. The minimum Gasteiger partial charge on any atom is -0.493 e. The van der Waals surface area contributed by atoms with Gasteiger partial charge < -0.3 is 5.11 Å². The van der Waals surface area contributed by atoms with Gasteiger partial charge >= 0.3 is 0 Å². The van der Waals surface area contributed by atoms with Crippen molar-refractivity contribution in [2.75, 3.05) is 6.54 Å².